The SMILES string of the molecule is CC.CC.CC(=O)C=O.CCC(C)(CC)OC(=O)NC(C=O)C(C)(C)CC.CCCCC(CCCC)C(=O)NC(C)CCC(C)C. The molecule has 8 nitrogen and oxygen atoms in total. The molecule has 0 aromatic rings. The minimum atomic E-state index is -0.520. The molecule has 0 aromatic carbocycles. The fourth-order valence-electron chi connectivity index (χ4n) is 3.73. The summed E-state index contributed by atoms with van der Waals surface area (Å²) in [7, 11) is 0. The highest BCUT2D eigenvalue weighted by Gasteiger charge is 2.31. The highest BCUT2D eigenvalue weighted by Crippen LogP contribution is 2.25. The van der Waals surface area contributed by atoms with Crippen molar-refractivity contribution >= 4 is 30.4 Å². The topological polar surface area (TPSA) is 119 Å². The minimum absolute atomic E-state index is 0.237. The van der Waals surface area contributed by atoms with Gasteiger partial charge in [0.05, 0.1) is 6.04 Å². The van der Waals surface area contributed by atoms with Crippen LogP contribution in [0.15, 0.2) is 0 Å². The molecule has 2 N–H and O–H groups in total. The van der Waals surface area contributed by atoms with Gasteiger partial charge in [0.15, 0.2) is 12.1 Å². The summed E-state index contributed by atoms with van der Waals surface area (Å²) in [6, 6.07) is -0.200. The lowest BCUT2D eigenvalue weighted by Crippen LogP contribution is -2.48. The molecule has 0 aliphatic carbocycles. The van der Waals surface area contributed by atoms with Gasteiger partial charge in [-0.2, -0.15) is 0 Å². The molecule has 0 aliphatic heterocycles. The largest absolute Gasteiger partial charge is 0.443 e. The molecule has 0 radical (unpaired) electrons. The lowest BCUT2D eigenvalue weighted by atomic mass is 9.82. The van der Waals surface area contributed by atoms with Crippen LogP contribution >= 0.6 is 0 Å². The maximum absolute atomic E-state index is 12.3. The molecule has 0 aliphatic rings. The summed E-state index contributed by atoms with van der Waals surface area (Å²) < 4.78 is 5.40. The van der Waals surface area contributed by atoms with E-state index < -0.39 is 23.5 Å². The molecule has 2 unspecified atom stereocenters. The number of aldehydes is 2. The van der Waals surface area contributed by atoms with E-state index in [9.17, 15) is 19.2 Å². The van der Waals surface area contributed by atoms with E-state index in [2.05, 4.69) is 45.3 Å². The molecule has 46 heavy (non-hydrogen) atoms. The van der Waals surface area contributed by atoms with Crippen LogP contribution in [0.2, 0.25) is 0 Å². The molecular weight excluding hydrogens is 580 g/mol. The minimum Gasteiger partial charge on any atom is -0.443 e. The number of hydrogen-bond donors (Lipinski definition) is 2. The van der Waals surface area contributed by atoms with Crippen molar-refractivity contribution in [1.82, 2.24) is 10.6 Å². The van der Waals surface area contributed by atoms with Crippen molar-refractivity contribution in [1.29, 1.82) is 0 Å². The Bertz CT molecular complexity index is 739. The molecule has 2 atom stereocenters. The van der Waals surface area contributed by atoms with Gasteiger partial charge in [-0.1, -0.05) is 116 Å². The van der Waals surface area contributed by atoms with Crippen LogP contribution in [-0.4, -0.2) is 48.0 Å². The summed E-state index contributed by atoms with van der Waals surface area (Å²) >= 11 is 0. The lowest BCUT2D eigenvalue weighted by molar-refractivity contribution is -0.128. The van der Waals surface area contributed by atoms with Crippen molar-refractivity contribution in [2.24, 2.45) is 17.3 Å². The second-order valence-corrected chi connectivity index (χ2v) is 12.7. The van der Waals surface area contributed by atoms with E-state index in [1.54, 1.807) is 0 Å². The Morgan fingerprint density at radius 2 is 1.15 bits per heavy atom. The molecule has 0 saturated carbocycles. The predicted octanol–water partition coefficient (Wildman–Crippen LogP) is 10.0. The zero-order valence-corrected chi connectivity index (χ0v) is 33.2. The lowest BCUT2D eigenvalue weighted by Gasteiger charge is -2.32. The molecule has 0 aromatic heterocycles. The van der Waals surface area contributed by atoms with Gasteiger partial charge < -0.3 is 20.2 Å². The molecule has 0 spiro atoms. The first-order valence-electron chi connectivity index (χ1n) is 18.2. The zero-order chi connectivity index (χ0) is 37.4. The number of carbonyl (C=O) groups is 5. The molecule has 0 saturated heterocycles. The third-order valence-electron chi connectivity index (χ3n) is 7.91. The first kappa shape index (κ1) is 53.2. The number of ketones is 1. The van der Waals surface area contributed by atoms with Crippen LogP contribution in [0.4, 0.5) is 4.79 Å². The van der Waals surface area contributed by atoms with Crippen LogP contribution in [0.25, 0.3) is 0 Å². The fourth-order valence-corrected chi connectivity index (χ4v) is 3.73. The Kier molecular flexibility index (Phi) is 39.5. The number of unbranched alkanes of at least 4 members (excludes halogenated alkanes) is 2. The van der Waals surface area contributed by atoms with Crippen molar-refractivity contribution in [3.05, 3.63) is 0 Å². The van der Waals surface area contributed by atoms with Crippen molar-refractivity contribution in [2.45, 2.75) is 199 Å². The highest BCUT2D eigenvalue weighted by atomic mass is 16.6. The van der Waals surface area contributed by atoms with Gasteiger partial charge in [-0.15, -0.1) is 0 Å². The summed E-state index contributed by atoms with van der Waals surface area (Å²) in [5.41, 5.74) is -0.733. The fraction of sp³-hybridized carbons (Fsp3) is 0.868. The second kappa shape index (κ2) is 34.1. The van der Waals surface area contributed by atoms with E-state index in [1.807, 2.05) is 69.2 Å². The molecule has 8 heteroatoms. The Morgan fingerprint density at radius 1 is 0.717 bits per heavy atom. The number of amides is 2. The van der Waals surface area contributed by atoms with Gasteiger partial charge in [-0.25, -0.2) is 4.79 Å². The van der Waals surface area contributed by atoms with Crippen molar-refractivity contribution in [2.75, 3.05) is 0 Å². The average Bonchev–Trinajstić information content (AvgIpc) is 3.04. The van der Waals surface area contributed by atoms with Crippen LogP contribution in [-0.2, 0) is 23.9 Å². The van der Waals surface area contributed by atoms with Crippen LogP contribution in [0.3, 0.4) is 0 Å². The van der Waals surface area contributed by atoms with E-state index >= 15 is 0 Å². The first-order valence-corrected chi connectivity index (χ1v) is 18.2. The van der Waals surface area contributed by atoms with E-state index in [0.717, 1.165) is 50.7 Å². The number of hydrogen-bond acceptors (Lipinski definition) is 6. The van der Waals surface area contributed by atoms with Crippen LogP contribution in [0.5, 0.6) is 0 Å². The van der Waals surface area contributed by atoms with E-state index in [1.165, 1.54) is 39.0 Å². The number of Topliss-reactive ketones (excluding diaryl/α,β-unsaturated/α-hetero) is 1. The standard InChI is InChI=1S/C17H35NO.C14H27NO3.C3H4O2.2C2H6/c1-6-8-10-16(11-9-7-2)17(19)18-15(5)13-12-14(3)4;1-7-13(4,5)11(10-16)15-12(17)18-14(6,8-2)9-3;1-3(5)2-4;2*1-2/h14-16H,6-13H2,1-5H3,(H,18,19);10-11H,7-9H2,1-6H3,(H,15,17);2H,1H3;2*1-2H3. The molecule has 0 rings (SSSR count). The third-order valence-corrected chi connectivity index (χ3v) is 7.91. The summed E-state index contributed by atoms with van der Waals surface area (Å²) in [6.45, 7) is 32.0. The van der Waals surface area contributed by atoms with Gasteiger partial charge in [0.25, 0.3) is 0 Å². The van der Waals surface area contributed by atoms with Gasteiger partial charge in [0, 0.05) is 18.9 Å². The molecular formula is C38H78N2O6. The van der Waals surface area contributed by atoms with Gasteiger partial charge >= 0.3 is 6.09 Å². The monoisotopic (exact) mass is 659 g/mol. The zero-order valence-electron chi connectivity index (χ0n) is 33.2. The number of nitrogens with one attached hydrogen (secondary N) is 2. The molecule has 276 valence electrons. The summed E-state index contributed by atoms with van der Waals surface area (Å²) in [6.07, 6.45) is 11.9. The summed E-state index contributed by atoms with van der Waals surface area (Å²) in [5, 5.41) is 5.87. The molecule has 2 amide bonds. The molecule has 0 fully saturated rings. The summed E-state index contributed by atoms with van der Waals surface area (Å²) in [4.78, 5) is 53.8. The number of rotatable bonds is 19. The van der Waals surface area contributed by atoms with Gasteiger partial charge in [-0.05, 0) is 70.1 Å². The number of ether oxygens (including phenoxy) is 1. The van der Waals surface area contributed by atoms with Crippen LogP contribution in [0.1, 0.15) is 181 Å². The highest BCUT2D eigenvalue weighted by molar-refractivity contribution is 6.23. The second-order valence-electron chi connectivity index (χ2n) is 12.7. The Labute approximate surface area is 285 Å². The van der Waals surface area contributed by atoms with Crippen molar-refractivity contribution < 1.29 is 28.7 Å². The maximum atomic E-state index is 12.3. The average molecular weight is 659 g/mol. The van der Waals surface area contributed by atoms with Gasteiger partial charge in [-0.3, -0.25) is 14.4 Å². The summed E-state index contributed by atoms with van der Waals surface area (Å²) in [5.74, 6) is 0.819. The molecule has 0 heterocycles. The maximum Gasteiger partial charge on any atom is 0.408 e. The number of carbonyl (C=O) groups excluding carboxylic acids is 5. The van der Waals surface area contributed by atoms with Crippen molar-refractivity contribution in [3.8, 4) is 0 Å². The normalized spacial score (nSPS) is 11.8. The quantitative estimate of drug-likeness (QED) is 0.105. The van der Waals surface area contributed by atoms with E-state index in [-0.39, 0.29) is 23.5 Å². The van der Waals surface area contributed by atoms with Crippen LogP contribution < -0.4 is 10.6 Å². The predicted molar refractivity (Wildman–Crippen MR) is 196 cm³/mol. The third kappa shape index (κ3) is 31.7. The smallest absolute Gasteiger partial charge is 0.408 e. The van der Waals surface area contributed by atoms with E-state index in [4.69, 9.17) is 9.53 Å². The van der Waals surface area contributed by atoms with Gasteiger partial charge in [0.2, 0.25) is 5.91 Å². The molecule has 0 bridgehead atoms. The first-order chi connectivity index (χ1) is 21.5. The van der Waals surface area contributed by atoms with Crippen molar-refractivity contribution in [3.63, 3.8) is 0 Å². The Hall–Kier alpha value is -2.25. The van der Waals surface area contributed by atoms with Gasteiger partial charge in [0.1, 0.15) is 11.9 Å². The van der Waals surface area contributed by atoms with E-state index in [0.29, 0.717) is 6.04 Å². The Morgan fingerprint density at radius 3 is 1.46 bits per heavy atom. The Balaban J connectivity index is -0.000000194. The van der Waals surface area contributed by atoms with Crippen LogP contribution in [0, 0.1) is 17.3 Å². The number of alkyl carbamates (subject to hydrolysis) is 1.